The number of aliphatic carboxylic acids is 1. The van der Waals surface area contributed by atoms with E-state index in [1.54, 1.807) is 4.57 Å². The summed E-state index contributed by atoms with van der Waals surface area (Å²) in [5, 5.41) is 18.1. The second-order valence-electron chi connectivity index (χ2n) is 4.60. The molecule has 1 unspecified atom stereocenters. The number of aromatic nitrogens is 3. The van der Waals surface area contributed by atoms with Crippen molar-refractivity contribution < 1.29 is 9.90 Å². The van der Waals surface area contributed by atoms with Gasteiger partial charge in [-0.3, -0.25) is 0 Å². The number of halogens is 1. The molecule has 3 rings (SSSR count). The summed E-state index contributed by atoms with van der Waals surface area (Å²) >= 11 is 5.84. The highest BCUT2D eigenvalue weighted by molar-refractivity contribution is 6.30. The lowest BCUT2D eigenvalue weighted by Gasteiger charge is -2.10. The summed E-state index contributed by atoms with van der Waals surface area (Å²) in [5.41, 5.74) is 1.04. The molecule has 1 aliphatic rings. The lowest BCUT2D eigenvalue weighted by Crippen LogP contribution is -2.17. The van der Waals surface area contributed by atoms with Gasteiger partial charge in [-0.2, -0.15) is 0 Å². The minimum atomic E-state index is -0.823. The Morgan fingerprint density at radius 3 is 2.79 bits per heavy atom. The summed E-state index contributed by atoms with van der Waals surface area (Å²) in [4.78, 5) is 11.2. The van der Waals surface area contributed by atoms with Gasteiger partial charge in [-0.05, 0) is 24.1 Å². The Balaban J connectivity index is 1.91. The van der Waals surface area contributed by atoms with Crippen LogP contribution in [0.25, 0.3) is 0 Å². The second-order valence-corrected chi connectivity index (χ2v) is 5.03. The number of carboxylic acids is 1. The lowest BCUT2D eigenvalue weighted by molar-refractivity contribution is -0.140. The van der Waals surface area contributed by atoms with Crippen LogP contribution >= 0.6 is 11.6 Å². The van der Waals surface area contributed by atoms with E-state index >= 15 is 0 Å². The fourth-order valence-corrected chi connectivity index (χ4v) is 2.55. The summed E-state index contributed by atoms with van der Waals surface area (Å²) in [7, 11) is 0. The molecule has 0 amide bonds. The molecule has 1 N–H and O–H groups in total. The topological polar surface area (TPSA) is 68.0 Å². The molecule has 1 atom stereocenters. The minimum absolute atomic E-state index is 0.535. The molecule has 0 saturated carbocycles. The van der Waals surface area contributed by atoms with E-state index in [9.17, 15) is 9.90 Å². The maximum Gasteiger partial charge on any atom is 0.326 e. The van der Waals surface area contributed by atoms with E-state index in [2.05, 4.69) is 10.2 Å². The third kappa shape index (κ3) is 2.21. The summed E-state index contributed by atoms with van der Waals surface area (Å²) < 4.78 is 1.75. The number of hydrogen-bond acceptors (Lipinski definition) is 3. The standard InChI is InChI=1S/C13H12ClN3O2/c14-9-3-1-8(2-4-9)7-12-16-15-11-6-5-10(13(18)19)17(11)12/h1-4,10H,5-7H2,(H,18,19). The molecule has 6 heteroatoms. The van der Waals surface area contributed by atoms with Gasteiger partial charge in [-0.1, -0.05) is 23.7 Å². The number of nitrogens with zero attached hydrogens (tertiary/aromatic N) is 3. The summed E-state index contributed by atoms with van der Waals surface area (Å²) in [6.07, 6.45) is 1.83. The highest BCUT2D eigenvalue weighted by atomic mass is 35.5. The predicted molar refractivity (Wildman–Crippen MR) is 69.3 cm³/mol. The molecule has 1 aromatic heterocycles. The molecule has 0 radical (unpaired) electrons. The molecule has 19 heavy (non-hydrogen) atoms. The fourth-order valence-electron chi connectivity index (χ4n) is 2.43. The van der Waals surface area contributed by atoms with Crippen molar-refractivity contribution in [2.24, 2.45) is 0 Å². The number of fused-ring (bicyclic) bond motifs is 1. The van der Waals surface area contributed by atoms with E-state index in [1.165, 1.54) is 0 Å². The average Bonchev–Trinajstić information content (AvgIpc) is 2.95. The van der Waals surface area contributed by atoms with Crippen molar-refractivity contribution in [3.8, 4) is 0 Å². The van der Waals surface area contributed by atoms with E-state index in [1.807, 2.05) is 24.3 Å². The zero-order chi connectivity index (χ0) is 13.4. The molecule has 0 fully saturated rings. The first kappa shape index (κ1) is 12.2. The van der Waals surface area contributed by atoms with Crippen molar-refractivity contribution in [2.75, 3.05) is 0 Å². The highest BCUT2D eigenvalue weighted by Gasteiger charge is 2.31. The van der Waals surface area contributed by atoms with Crippen molar-refractivity contribution in [3.05, 3.63) is 46.5 Å². The third-order valence-electron chi connectivity index (χ3n) is 3.35. The number of benzene rings is 1. The van der Waals surface area contributed by atoms with Crippen LogP contribution in [0.2, 0.25) is 5.02 Å². The molecule has 98 valence electrons. The van der Waals surface area contributed by atoms with E-state index < -0.39 is 12.0 Å². The van der Waals surface area contributed by atoms with Gasteiger partial charge in [0.05, 0.1) is 0 Å². The second kappa shape index (κ2) is 4.66. The Kier molecular flexibility index (Phi) is 2.98. The summed E-state index contributed by atoms with van der Waals surface area (Å²) in [5.74, 6) is 0.634. The summed E-state index contributed by atoms with van der Waals surface area (Å²) in [6, 6.07) is 6.91. The Morgan fingerprint density at radius 1 is 1.37 bits per heavy atom. The van der Waals surface area contributed by atoms with Crippen LogP contribution in [0.1, 0.15) is 29.7 Å². The molecule has 0 aliphatic carbocycles. The van der Waals surface area contributed by atoms with Gasteiger partial charge in [-0.25, -0.2) is 4.79 Å². The number of carboxylic acid groups (broad SMARTS) is 1. The first-order valence-corrected chi connectivity index (χ1v) is 6.43. The molecule has 5 nitrogen and oxygen atoms in total. The summed E-state index contributed by atoms with van der Waals surface area (Å²) in [6.45, 7) is 0. The number of carbonyl (C=O) groups is 1. The van der Waals surface area contributed by atoms with Crippen LogP contribution in [-0.4, -0.2) is 25.8 Å². The van der Waals surface area contributed by atoms with Crippen molar-refractivity contribution >= 4 is 17.6 Å². The van der Waals surface area contributed by atoms with Crippen molar-refractivity contribution in [3.63, 3.8) is 0 Å². The SMILES string of the molecule is O=C(O)C1CCc2nnc(Cc3ccc(Cl)cc3)n21. The van der Waals surface area contributed by atoms with Crippen LogP contribution in [0, 0.1) is 0 Å². The van der Waals surface area contributed by atoms with Crippen LogP contribution < -0.4 is 0 Å². The van der Waals surface area contributed by atoms with Gasteiger partial charge in [0.1, 0.15) is 17.7 Å². The third-order valence-corrected chi connectivity index (χ3v) is 3.60. The average molecular weight is 278 g/mol. The van der Waals surface area contributed by atoms with Crippen molar-refractivity contribution in [2.45, 2.75) is 25.3 Å². The van der Waals surface area contributed by atoms with Gasteiger partial charge in [0.15, 0.2) is 0 Å². The molecule has 1 aliphatic heterocycles. The van der Waals surface area contributed by atoms with Gasteiger partial charge >= 0.3 is 5.97 Å². The maximum absolute atomic E-state index is 11.2. The molecule has 2 heterocycles. The normalized spacial score (nSPS) is 17.4. The van der Waals surface area contributed by atoms with E-state index in [-0.39, 0.29) is 0 Å². The largest absolute Gasteiger partial charge is 0.480 e. The molecular formula is C13H12ClN3O2. The number of hydrogen-bond donors (Lipinski definition) is 1. The Hall–Kier alpha value is -1.88. The van der Waals surface area contributed by atoms with Gasteiger partial charge in [0, 0.05) is 17.9 Å². The van der Waals surface area contributed by atoms with Gasteiger partial charge in [0.25, 0.3) is 0 Å². The Bertz CT molecular complexity index is 621. The van der Waals surface area contributed by atoms with E-state index in [0.717, 1.165) is 11.4 Å². The highest BCUT2D eigenvalue weighted by Crippen LogP contribution is 2.27. The minimum Gasteiger partial charge on any atom is -0.480 e. The van der Waals surface area contributed by atoms with E-state index in [0.29, 0.717) is 30.1 Å². The van der Waals surface area contributed by atoms with Crippen molar-refractivity contribution in [1.29, 1.82) is 0 Å². The number of aryl methyl sites for hydroxylation is 1. The first-order chi connectivity index (χ1) is 9.15. The first-order valence-electron chi connectivity index (χ1n) is 6.05. The van der Waals surface area contributed by atoms with Crippen LogP contribution in [0.3, 0.4) is 0 Å². The molecule has 1 aromatic carbocycles. The zero-order valence-electron chi connectivity index (χ0n) is 10.1. The maximum atomic E-state index is 11.2. The van der Waals surface area contributed by atoms with Crippen LogP contribution in [0.15, 0.2) is 24.3 Å². The molecule has 2 aromatic rings. The van der Waals surface area contributed by atoms with Crippen LogP contribution in [0.5, 0.6) is 0 Å². The van der Waals surface area contributed by atoms with Gasteiger partial charge in [-0.15, -0.1) is 10.2 Å². The van der Waals surface area contributed by atoms with Gasteiger partial charge < -0.3 is 9.67 Å². The van der Waals surface area contributed by atoms with Crippen LogP contribution in [0.4, 0.5) is 0 Å². The quantitative estimate of drug-likeness (QED) is 0.933. The lowest BCUT2D eigenvalue weighted by atomic mass is 10.1. The number of rotatable bonds is 3. The smallest absolute Gasteiger partial charge is 0.326 e. The molecular weight excluding hydrogens is 266 g/mol. The molecule has 0 bridgehead atoms. The van der Waals surface area contributed by atoms with Crippen LogP contribution in [-0.2, 0) is 17.6 Å². The monoisotopic (exact) mass is 277 g/mol. The Labute approximate surface area is 114 Å². The Morgan fingerprint density at radius 2 is 2.11 bits per heavy atom. The molecule has 0 spiro atoms. The van der Waals surface area contributed by atoms with E-state index in [4.69, 9.17) is 11.6 Å². The van der Waals surface area contributed by atoms with Gasteiger partial charge in [0.2, 0.25) is 0 Å². The molecule has 0 saturated heterocycles. The van der Waals surface area contributed by atoms with Crippen molar-refractivity contribution in [1.82, 2.24) is 14.8 Å². The fraction of sp³-hybridized carbons (Fsp3) is 0.308. The predicted octanol–water partition coefficient (Wildman–Crippen LogP) is 2.09. The zero-order valence-corrected chi connectivity index (χ0v) is 10.8.